The first-order valence-electron chi connectivity index (χ1n) is 12.8. The molecule has 1 aliphatic rings. The van der Waals surface area contributed by atoms with Crippen molar-refractivity contribution in [1.82, 2.24) is 14.9 Å². The molecule has 2 amide bonds. The molecule has 0 spiro atoms. The number of methoxy groups -OCH3 is 1. The molecular weight excluding hydrogens is 496 g/mol. The third kappa shape index (κ3) is 7.44. The van der Waals surface area contributed by atoms with Gasteiger partial charge in [0.1, 0.15) is 11.8 Å². The van der Waals surface area contributed by atoms with Crippen LogP contribution in [-0.2, 0) is 16.1 Å². The number of thioether (sulfide) groups is 1. The van der Waals surface area contributed by atoms with Crippen molar-refractivity contribution in [1.29, 1.82) is 0 Å². The Hall–Kier alpha value is -3.65. The number of hydrogen-bond acceptors (Lipinski definition) is 6. The maximum atomic E-state index is 13.9. The number of allylic oxidation sites excluding steroid dienone is 2. The monoisotopic (exact) mass is 530 g/mol. The van der Waals surface area contributed by atoms with Gasteiger partial charge in [0, 0.05) is 23.6 Å². The van der Waals surface area contributed by atoms with Crippen LogP contribution in [0.5, 0.6) is 5.75 Å². The third-order valence-corrected chi connectivity index (χ3v) is 7.35. The van der Waals surface area contributed by atoms with E-state index in [0.717, 1.165) is 36.2 Å². The molecule has 1 N–H and O–H groups in total. The largest absolute Gasteiger partial charge is 0.497 e. The second kappa shape index (κ2) is 13.2. The van der Waals surface area contributed by atoms with Crippen LogP contribution in [-0.4, -0.2) is 45.6 Å². The Morgan fingerprint density at radius 3 is 2.39 bits per heavy atom. The van der Waals surface area contributed by atoms with Crippen LogP contribution in [0.1, 0.15) is 36.2 Å². The number of carbonyl (C=O) groups is 2. The zero-order valence-corrected chi connectivity index (χ0v) is 22.9. The van der Waals surface area contributed by atoms with E-state index < -0.39 is 6.04 Å². The predicted molar refractivity (Wildman–Crippen MR) is 151 cm³/mol. The summed E-state index contributed by atoms with van der Waals surface area (Å²) >= 11 is 1.31. The smallest absolute Gasteiger partial charge is 0.247 e. The summed E-state index contributed by atoms with van der Waals surface area (Å²) in [5.41, 5.74) is 3.36. The molecule has 3 aromatic rings. The van der Waals surface area contributed by atoms with Crippen molar-refractivity contribution in [2.75, 3.05) is 18.2 Å². The molecule has 7 nitrogen and oxygen atoms in total. The van der Waals surface area contributed by atoms with E-state index in [1.807, 2.05) is 62.4 Å². The summed E-state index contributed by atoms with van der Waals surface area (Å²) in [4.78, 5) is 38.4. The summed E-state index contributed by atoms with van der Waals surface area (Å²) in [6.45, 7) is 4.17. The van der Waals surface area contributed by atoms with Gasteiger partial charge in [-0.1, -0.05) is 54.2 Å². The summed E-state index contributed by atoms with van der Waals surface area (Å²) in [7, 11) is 1.61. The SMILES string of the molecule is COc1ccc(NC(=O)[C@H]([C@H]2CC=CCC2)N(Cc2ccccc2)C(=O)CSc2nc(C)cc(C)n2)cc1. The fourth-order valence-electron chi connectivity index (χ4n) is 4.69. The van der Waals surface area contributed by atoms with Crippen molar-refractivity contribution in [3.8, 4) is 5.75 Å². The molecule has 0 radical (unpaired) electrons. The van der Waals surface area contributed by atoms with Gasteiger partial charge in [0.25, 0.3) is 0 Å². The van der Waals surface area contributed by atoms with E-state index in [0.29, 0.717) is 23.1 Å². The summed E-state index contributed by atoms with van der Waals surface area (Å²) in [6.07, 6.45) is 6.72. The number of rotatable bonds is 10. The lowest BCUT2D eigenvalue weighted by molar-refractivity contribution is -0.139. The zero-order chi connectivity index (χ0) is 26.9. The highest BCUT2D eigenvalue weighted by atomic mass is 32.2. The molecule has 0 unspecified atom stereocenters. The Labute approximate surface area is 228 Å². The molecule has 0 saturated carbocycles. The summed E-state index contributed by atoms with van der Waals surface area (Å²) in [5, 5.41) is 3.62. The zero-order valence-electron chi connectivity index (χ0n) is 22.1. The highest BCUT2D eigenvalue weighted by Gasteiger charge is 2.36. The molecule has 4 rings (SSSR count). The second-order valence-electron chi connectivity index (χ2n) is 9.44. The van der Waals surface area contributed by atoms with E-state index in [2.05, 4.69) is 27.4 Å². The van der Waals surface area contributed by atoms with E-state index in [4.69, 9.17) is 4.74 Å². The minimum atomic E-state index is -0.629. The van der Waals surface area contributed by atoms with E-state index in [1.54, 1.807) is 24.1 Å². The number of anilines is 1. The average molecular weight is 531 g/mol. The lowest BCUT2D eigenvalue weighted by Gasteiger charge is -2.37. The molecule has 2 atom stereocenters. The van der Waals surface area contributed by atoms with Gasteiger partial charge >= 0.3 is 0 Å². The van der Waals surface area contributed by atoms with Gasteiger partial charge in [0.05, 0.1) is 12.9 Å². The first-order chi connectivity index (χ1) is 18.4. The first kappa shape index (κ1) is 27.4. The fraction of sp³-hybridized carbons (Fsp3) is 0.333. The second-order valence-corrected chi connectivity index (χ2v) is 10.4. The number of ether oxygens (including phenoxy) is 1. The van der Waals surface area contributed by atoms with Gasteiger partial charge in [0.15, 0.2) is 5.16 Å². The van der Waals surface area contributed by atoms with Crippen LogP contribution < -0.4 is 10.1 Å². The summed E-state index contributed by atoms with van der Waals surface area (Å²) in [6, 6.07) is 18.3. The summed E-state index contributed by atoms with van der Waals surface area (Å²) < 4.78 is 5.25. The molecule has 1 aliphatic carbocycles. The first-order valence-corrected chi connectivity index (χ1v) is 13.8. The van der Waals surface area contributed by atoms with Crippen LogP contribution in [0.25, 0.3) is 0 Å². The Morgan fingerprint density at radius 1 is 1.05 bits per heavy atom. The number of amides is 2. The molecular formula is C30H34N4O3S. The van der Waals surface area contributed by atoms with Crippen molar-refractivity contribution in [2.24, 2.45) is 5.92 Å². The number of carbonyl (C=O) groups excluding carboxylic acids is 2. The van der Waals surface area contributed by atoms with Crippen molar-refractivity contribution >= 4 is 29.3 Å². The number of aromatic nitrogens is 2. The van der Waals surface area contributed by atoms with Crippen molar-refractivity contribution in [2.45, 2.75) is 50.9 Å². The Kier molecular flexibility index (Phi) is 9.54. The highest BCUT2D eigenvalue weighted by molar-refractivity contribution is 7.99. The van der Waals surface area contributed by atoms with Crippen molar-refractivity contribution < 1.29 is 14.3 Å². The van der Waals surface area contributed by atoms with Crippen LogP contribution >= 0.6 is 11.8 Å². The maximum absolute atomic E-state index is 13.9. The van der Waals surface area contributed by atoms with Gasteiger partial charge in [-0.15, -0.1) is 0 Å². The lowest BCUT2D eigenvalue weighted by Crippen LogP contribution is -2.51. The van der Waals surface area contributed by atoms with Crippen LogP contribution in [0.4, 0.5) is 5.69 Å². The minimum Gasteiger partial charge on any atom is -0.497 e. The molecule has 1 aromatic heterocycles. The van der Waals surface area contributed by atoms with E-state index in [1.165, 1.54) is 11.8 Å². The molecule has 0 fully saturated rings. The molecule has 38 heavy (non-hydrogen) atoms. The van der Waals surface area contributed by atoms with Gasteiger partial charge in [-0.3, -0.25) is 9.59 Å². The van der Waals surface area contributed by atoms with Crippen LogP contribution in [0.2, 0.25) is 0 Å². The average Bonchev–Trinajstić information content (AvgIpc) is 2.92. The predicted octanol–water partition coefficient (Wildman–Crippen LogP) is 5.59. The Bertz CT molecular complexity index is 1240. The number of aryl methyl sites for hydroxylation is 2. The van der Waals surface area contributed by atoms with Crippen molar-refractivity contribution in [3.05, 3.63) is 89.8 Å². The molecule has 0 saturated heterocycles. The van der Waals surface area contributed by atoms with Gasteiger partial charge < -0.3 is 15.0 Å². The van der Waals surface area contributed by atoms with Gasteiger partial charge in [-0.25, -0.2) is 9.97 Å². The summed E-state index contributed by atoms with van der Waals surface area (Å²) in [5.74, 6) is 0.556. The lowest BCUT2D eigenvalue weighted by atomic mass is 9.86. The minimum absolute atomic E-state index is 0.00775. The normalized spacial score (nSPS) is 15.5. The van der Waals surface area contributed by atoms with Gasteiger partial charge in [0.2, 0.25) is 11.8 Å². The number of nitrogens with zero attached hydrogens (tertiary/aromatic N) is 3. The van der Waals surface area contributed by atoms with Crippen LogP contribution in [0.3, 0.4) is 0 Å². The van der Waals surface area contributed by atoms with E-state index >= 15 is 0 Å². The standard InChI is InChI=1S/C30H34N4O3S/c1-21-18-22(2)32-30(31-21)38-20-27(35)34(19-23-10-6-4-7-11-23)28(24-12-8-5-9-13-24)29(36)33-25-14-16-26(37-3)17-15-25/h4-8,10-11,14-18,24,28H,9,12-13,19-20H2,1-3H3,(H,33,36)/t24-,28-/m0/s1. The Morgan fingerprint density at radius 2 is 1.76 bits per heavy atom. The molecule has 1 heterocycles. The molecule has 2 aromatic carbocycles. The Balaban J connectivity index is 1.62. The highest BCUT2D eigenvalue weighted by Crippen LogP contribution is 2.29. The number of hydrogen-bond donors (Lipinski definition) is 1. The molecule has 8 heteroatoms. The van der Waals surface area contributed by atoms with Gasteiger partial charge in [-0.05, 0) is 74.9 Å². The fourth-order valence-corrected chi connectivity index (χ4v) is 5.53. The van der Waals surface area contributed by atoms with E-state index in [-0.39, 0.29) is 23.5 Å². The number of benzene rings is 2. The van der Waals surface area contributed by atoms with Crippen LogP contribution in [0.15, 0.2) is 78.0 Å². The van der Waals surface area contributed by atoms with Crippen molar-refractivity contribution in [3.63, 3.8) is 0 Å². The molecule has 0 aliphatic heterocycles. The topological polar surface area (TPSA) is 84.4 Å². The third-order valence-electron chi connectivity index (χ3n) is 6.52. The molecule has 198 valence electrons. The van der Waals surface area contributed by atoms with E-state index in [9.17, 15) is 9.59 Å². The number of nitrogens with one attached hydrogen (secondary N) is 1. The maximum Gasteiger partial charge on any atom is 0.247 e. The van der Waals surface area contributed by atoms with Crippen LogP contribution in [0, 0.1) is 19.8 Å². The van der Waals surface area contributed by atoms with Gasteiger partial charge in [-0.2, -0.15) is 0 Å². The quantitative estimate of drug-likeness (QED) is 0.209. The molecule has 0 bridgehead atoms.